The Morgan fingerprint density at radius 2 is 1.74 bits per heavy atom. The third-order valence-electron chi connectivity index (χ3n) is 9.73. The summed E-state index contributed by atoms with van der Waals surface area (Å²) in [5.74, 6) is 3.98. The fraction of sp³-hybridized carbons (Fsp3) is 0.769. The molecule has 0 spiro atoms. The Kier molecular flexibility index (Phi) is 4.66. The Balaban J connectivity index is 1.25. The predicted octanol–water partition coefficient (Wildman–Crippen LogP) is 7.00. The van der Waals surface area contributed by atoms with Crippen LogP contribution in [0.3, 0.4) is 0 Å². The molecule has 0 radical (unpaired) electrons. The molecule has 0 saturated heterocycles. The molecule has 7 atom stereocenters. The van der Waals surface area contributed by atoms with Crippen molar-refractivity contribution in [2.24, 2.45) is 34.5 Å². The van der Waals surface area contributed by atoms with E-state index in [1.54, 1.807) is 0 Å². The van der Waals surface area contributed by atoms with Crippen molar-refractivity contribution in [2.75, 3.05) is 0 Å². The first kappa shape index (κ1) is 18.2. The van der Waals surface area contributed by atoms with E-state index in [1.807, 2.05) is 0 Å². The van der Waals surface area contributed by atoms with Gasteiger partial charge in [-0.1, -0.05) is 50.6 Å². The number of rotatable bonds is 3. The maximum atomic E-state index is 6.38. The second kappa shape index (κ2) is 6.90. The van der Waals surface area contributed by atoms with Crippen molar-refractivity contribution in [3.63, 3.8) is 0 Å². The summed E-state index contributed by atoms with van der Waals surface area (Å²) in [6, 6.07) is 10.7. The molecule has 4 fully saturated rings. The summed E-state index contributed by atoms with van der Waals surface area (Å²) in [7, 11) is 0. The van der Waals surface area contributed by atoms with Crippen molar-refractivity contribution < 1.29 is 4.74 Å². The lowest BCUT2D eigenvalue weighted by atomic mass is 9.45. The zero-order valence-electron chi connectivity index (χ0n) is 17.5. The fourth-order valence-corrected chi connectivity index (χ4v) is 8.15. The highest BCUT2D eigenvalue weighted by Gasteiger charge is 2.57. The normalized spacial score (nSPS) is 46.4. The van der Waals surface area contributed by atoms with Gasteiger partial charge in [0.25, 0.3) is 0 Å². The third-order valence-corrected chi connectivity index (χ3v) is 9.73. The highest BCUT2D eigenvalue weighted by atomic mass is 16.5. The number of hydrogen-bond acceptors (Lipinski definition) is 1. The van der Waals surface area contributed by atoms with Gasteiger partial charge in [-0.05, 0) is 97.9 Å². The number of hydrogen-bond donors (Lipinski definition) is 0. The molecule has 0 amide bonds. The van der Waals surface area contributed by atoms with Crippen LogP contribution < -0.4 is 0 Å². The summed E-state index contributed by atoms with van der Waals surface area (Å²) in [5.41, 5.74) is 2.61. The van der Waals surface area contributed by atoms with Crippen LogP contribution in [-0.4, -0.2) is 6.10 Å². The van der Waals surface area contributed by atoms with E-state index in [-0.39, 0.29) is 0 Å². The molecule has 0 aliphatic heterocycles. The average Bonchev–Trinajstić information content (AvgIpc) is 3.09. The number of fused-ring (bicyclic) bond motifs is 5. The van der Waals surface area contributed by atoms with Gasteiger partial charge < -0.3 is 4.74 Å². The second-order valence-electron chi connectivity index (χ2n) is 10.9. The van der Waals surface area contributed by atoms with Gasteiger partial charge in [-0.3, -0.25) is 0 Å². The zero-order chi connectivity index (χ0) is 18.5. The van der Waals surface area contributed by atoms with Crippen molar-refractivity contribution in [3.05, 3.63) is 35.9 Å². The van der Waals surface area contributed by atoms with Crippen LogP contribution >= 0.6 is 0 Å². The number of benzene rings is 1. The topological polar surface area (TPSA) is 9.23 Å². The zero-order valence-corrected chi connectivity index (χ0v) is 17.5. The Labute approximate surface area is 166 Å². The molecule has 0 bridgehead atoms. The minimum Gasteiger partial charge on any atom is -0.374 e. The van der Waals surface area contributed by atoms with Crippen LogP contribution in [-0.2, 0) is 11.3 Å². The number of ether oxygens (including phenoxy) is 1. The van der Waals surface area contributed by atoms with Crippen molar-refractivity contribution in [1.29, 1.82) is 0 Å². The summed E-state index contributed by atoms with van der Waals surface area (Å²) in [4.78, 5) is 0. The van der Waals surface area contributed by atoms with E-state index >= 15 is 0 Å². The molecule has 4 aliphatic carbocycles. The maximum Gasteiger partial charge on any atom is 0.0720 e. The lowest BCUT2D eigenvalue weighted by Gasteiger charge is -2.60. The minimum absolute atomic E-state index is 0.486. The molecule has 1 aromatic rings. The highest BCUT2D eigenvalue weighted by molar-refractivity contribution is 5.13. The summed E-state index contributed by atoms with van der Waals surface area (Å²) in [6.45, 7) is 6.10. The molecular formula is C26H38O. The van der Waals surface area contributed by atoms with E-state index in [0.717, 1.165) is 30.3 Å². The Bertz CT molecular complexity index is 653. The highest BCUT2D eigenvalue weighted by Crippen LogP contribution is 2.66. The van der Waals surface area contributed by atoms with E-state index in [0.29, 0.717) is 16.9 Å². The maximum absolute atomic E-state index is 6.38. The van der Waals surface area contributed by atoms with Gasteiger partial charge in [0.15, 0.2) is 0 Å². The second-order valence-corrected chi connectivity index (χ2v) is 10.9. The van der Waals surface area contributed by atoms with E-state index in [2.05, 4.69) is 44.2 Å². The molecule has 4 saturated carbocycles. The van der Waals surface area contributed by atoms with Gasteiger partial charge >= 0.3 is 0 Å². The molecule has 0 N–H and O–H groups in total. The Morgan fingerprint density at radius 1 is 0.889 bits per heavy atom. The smallest absolute Gasteiger partial charge is 0.0720 e. The van der Waals surface area contributed by atoms with Crippen molar-refractivity contribution >= 4 is 0 Å². The van der Waals surface area contributed by atoms with E-state index in [4.69, 9.17) is 4.74 Å². The monoisotopic (exact) mass is 366 g/mol. The van der Waals surface area contributed by atoms with Gasteiger partial charge in [-0.25, -0.2) is 0 Å². The molecule has 1 nitrogen and oxygen atoms in total. The SMILES string of the molecule is C[C@@]12CCC[C@@H]1[C@H]1CC[C@@H]3C[C@@H](OCc4ccccc4)CC[C@]3(C)C1CC2. The van der Waals surface area contributed by atoms with Gasteiger partial charge in [0, 0.05) is 0 Å². The summed E-state index contributed by atoms with van der Waals surface area (Å²) in [6.07, 6.45) is 15.0. The molecule has 0 aromatic heterocycles. The van der Waals surface area contributed by atoms with Gasteiger partial charge in [0.1, 0.15) is 0 Å². The van der Waals surface area contributed by atoms with Crippen molar-refractivity contribution in [1.82, 2.24) is 0 Å². The van der Waals surface area contributed by atoms with E-state index < -0.39 is 0 Å². The van der Waals surface area contributed by atoms with Gasteiger partial charge in [0.05, 0.1) is 12.7 Å². The average molecular weight is 367 g/mol. The summed E-state index contributed by atoms with van der Waals surface area (Å²) in [5, 5.41) is 0. The minimum atomic E-state index is 0.486. The quantitative estimate of drug-likeness (QED) is 0.559. The van der Waals surface area contributed by atoms with Crippen molar-refractivity contribution in [2.45, 2.75) is 90.8 Å². The predicted molar refractivity (Wildman–Crippen MR) is 111 cm³/mol. The first-order valence-corrected chi connectivity index (χ1v) is 11.7. The molecule has 5 rings (SSSR count). The first-order chi connectivity index (χ1) is 13.1. The molecule has 1 unspecified atom stereocenters. The van der Waals surface area contributed by atoms with Crippen LogP contribution in [0.1, 0.15) is 83.6 Å². The molecular weight excluding hydrogens is 328 g/mol. The lowest BCUT2D eigenvalue weighted by molar-refractivity contribution is -0.131. The molecule has 27 heavy (non-hydrogen) atoms. The Hall–Kier alpha value is -0.820. The standard InChI is InChI=1S/C26H38O/c1-25-14-6-9-23(25)22-11-10-20-17-21(27-18-19-7-4-3-5-8-19)12-16-26(20,2)24(22)13-15-25/h3-5,7-8,20-24H,6,9-18H2,1-2H3/t20-,21+,22-,23-,24?,25+,26+/m1/s1. The fourth-order valence-electron chi connectivity index (χ4n) is 8.15. The molecule has 148 valence electrons. The van der Waals surface area contributed by atoms with Crippen LogP contribution in [0.4, 0.5) is 0 Å². The van der Waals surface area contributed by atoms with Gasteiger partial charge in [-0.2, -0.15) is 0 Å². The molecule has 1 heteroatoms. The molecule has 1 aromatic carbocycles. The van der Waals surface area contributed by atoms with Gasteiger partial charge in [0.2, 0.25) is 0 Å². The molecule has 0 heterocycles. The van der Waals surface area contributed by atoms with Crippen LogP contribution in [0.15, 0.2) is 30.3 Å². The molecule has 4 aliphatic rings. The Morgan fingerprint density at radius 3 is 2.59 bits per heavy atom. The van der Waals surface area contributed by atoms with Crippen LogP contribution in [0.2, 0.25) is 0 Å². The van der Waals surface area contributed by atoms with E-state index in [1.165, 1.54) is 69.8 Å². The van der Waals surface area contributed by atoms with E-state index in [9.17, 15) is 0 Å². The van der Waals surface area contributed by atoms with Crippen LogP contribution in [0, 0.1) is 34.5 Å². The first-order valence-electron chi connectivity index (χ1n) is 11.7. The van der Waals surface area contributed by atoms with Crippen LogP contribution in [0.25, 0.3) is 0 Å². The third kappa shape index (κ3) is 3.09. The van der Waals surface area contributed by atoms with Gasteiger partial charge in [-0.15, -0.1) is 0 Å². The largest absolute Gasteiger partial charge is 0.374 e. The lowest BCUT2D eigenvalue weighted by Crippen LogP contribution is -2.53. The van der Waals surface area contributed by atoms with Crippen molar-refractivity contribution in [3.8, 4) is 0 Å². The summed E-state index contributed by atoms with van der Waals surface area (Å²) >= 11 is 0. The van der Waals surface area contributed by atoms with Crippen LogP contribution in [0.5, 0.6) is 0 Å². The summed E-state index contributed by atoms with van der Waals surface area (Å²) < 4.78 is 6.38.